The highest BCUT2D eigenvalue weighted by molar-refractivity contribution is 8.00. The molecule has 28 heavy (non-hydrogen) atoms. The van der Waals surface area contributed by atoms with Crippen molar-refractivity contribution in [2.24, 2.45) is 5.73 Å². The van der Waals surface area contributed by atoms with E-state index in [1.54, 1.807) is 17.6 Å². The monoisotopic (exact) mass is 415 g/mol. The molecular formula is C20H21N3O3S2. The Morgan fingerprint density at radius 2 is 1.96 bits per heavy atom. The number of benzene rings is 1. The third-order valence-corrected chi connectivity index (χ3v) is 5.77. The molecule has 0 spiro atoms. The van der Waals surface area contributed by atoms with E-state index in [2.05, 4.69) is 5.32 Å². The summed E-state index contributed by atoms with van der Waals surface area (Å²) in [4.78, 5) is 27.8. The fourth-order valence-corrected chi connectivity index (χ4v) is 4.14. The first-order valence-corrected chi connectivity index (χ1v) is 10.5. The van der Waals surface area contributed by atoms with Crippen LogP contribution in [0.4, 0.5) is 5.69 Å². The molecule has 146 valence electrons. The van der Waals surface area contributed by atoms with Crippen LogP contribution in [0.3, 0.4) is 0 Å². The van der Waals surface area contributed by atoms with E-state index in [0.717, 1.165) is 10.7 Å². The number of rotatable bonds is 10. The molecule has 3 rings (SSSR count). The number of thiophene rings is 1. The van der Waals surface area contributed by atoms with Crippen LogP contribution >= 0.6 is 23.1 Å². The van der Waals surface area contributed by atoms with Crippen molar-refractivity contribution in [2.45, 2.75) is 18.0 Å². The average molecular weight is 416 g/mol. The number of hydrogen-bond donors (Lipinski definition) is 2. The van der Waals surface area contributed by atoms with Crippen LogP contribution in [0.5, 0.6) is 0 Å². The fourth-order valence-electron chi connectivity index (χ4n) is 2.65. The SMILES string of the molecule is NC(=O)CSc1ccccc1NC(=O)CN(Cc1ccco1)Cc1cccs1. The topological polar surface area (TPSA) is 88.6 Å². The summed E-state index contributed by atoms with van der Waals surface area (Å²) in [6.07, 6.45) is 1.63. The van der Waals surface area contributed by atoms with Crippen molar-refractivity contribution in [3.63, 3.8) is 0 Å². The van der Waals surface area contributed by atoms with Gasteiger partial charge in [0.15, 0.2) is 0 Å². The number of carbonyl (C=O) groups excluding carboxylic acids is 2. The number of anilines is 1. The minimum Gasteiger partial charge on any atom is -0.468 e. The van der Waals surface area contributed by atoms with Gasteiger partial charge in [-0.3, -0.25) is 14.5 Å². The van der Waals surface area contributed by atoms with Crippen LogP contribution < -0.4 is 11.1 Å². The molecule has 2 amide bonds. The highest BCUT2D eigenvalue weighted by Gasteiger charge is 2.15. The fraction of sp³-hybridized carbons (Fsp3) is 0.200. The molecular weight excluding hydrogens is 394 g/mol. The van der Waals surface area contributed by atoms with Crippen LogP contribution in [0.25, 0.3) is 0 Å². The first-order valence-electron chi connectivity index (χ1n) is 8.67. The van der Waals surface area contributed by atoms with E-state index in [-0.39, 0.29) is 18.2 Å². The van der Waals surface area contributed by atoms with Gasteiger partial charge in [0.05, 0.1) is 30.8 Å². The van der Waals surface area contributed by atoms with Gasteiger partial charge in [-0.05, 0) is 35.7 Å². The average Bonchev–Trinajstić information content (AvgIpc) is 3.35. The van der Waals surface area contributed by atoms with E-state index in [9.17, 15) is 9.59 Å². The summed E-state index contributed by atoms with van der Waals surface area (Å²) >= 11 is 2.96. The van der Waals surface area contributed by atoms with Crippen molar-refractivity contribution in [3.8, 4) is 0 Å². The second-order valence-electron chi connectivity index (χ2n) is 6.10. The van der Waals surface area contributed by atoms with Crippen LogP contribution in [0.2, 0.25) is 0 Å². The lowest BCUT2D eigenvalue weighted by molar-refractivity contribution is -0.117. The van der Waals surface area contributed by atoms with Crippen LogP contribution in [0, 0.1) is 0 Å². The van der Waals surface area contributed by atoms with Gasteiger partial charge in [-0.15, -0.1) is 23.1 Å². The molecule has 0 aliphatic heterocycles. The van der Waals surface area contributed by atoms with Gasteiger partial charge in [-0.1, -0.05) is 18.2 Å². The molecule has 0 saturated carbocycles. The van der Waals surface area contributed by atoms with Gasteiger partial charge in [-0.25, -0.2) is 0 Å². The largest absolute Gasteiger partial charge is 0.468 e. The van der Waals surface area contributed by atoms with Gasteiger partial charge in [0.25, 0.3) is 0 Å². The van der Waals surface area contributed by atoms with E-state index < -0.39 is 5.91 Å². The molecule has 0 aliphatic rings. The normalized spacial score (nSPS) is 10.9. The number of nitrogens with two attached hydrogens (primary N) is 1. The summed E-state index contributed by atoms with van der Waals surface area (Å²) in [6, 6.07) is 15.2. The second-order valence-corrected chi connectivity index (χ2v) is 8.15. The highest BCUT2D eigenvalue weighted by Crippen LogP contribution is 2.26. The Labute approximate surface area is 171 Å². The van der Waals surface area contributed by atoms with Crippen molar-refractivity contribution in [1.82, 2.24) is 4.90 Å². The summed E-state index contributed by atoms with van der Waals surface area (Å²) in [5.41, 5.74) is 5.90. The van der Waals surface area contributed by atoms with Crippen LogP contribution in [0.15, 0.2) is 69.5 Å². The number of thioether (sulfide) groups is 1. The second kappa shape index (κ2) is 10.1. The third kappa shape index (κ3) is 6.26. The van der Waals surface area contributed by atoms with Crippen LogP contribution in [-0.2, 0) is 22.7 Å². The Kier molecular flexibility index (Phi) is 7.30. The van der Waals surface area contributed by atoms with Crippen molar-refractivity contribution in [2.75, 3.05) is 17.6 Å². The molecule has 6 nitrogen and oxygen atoms in total. The zero-order valence-corrected chi connectivity index (χ0v) is 16.8. The summed E-state index contributed by atoms with van der Waals surface area (Å²) < 4.78 is 5.44. The lowest BCUT2D eigenvalue weighted by Gasteiger charge is -2.20. The van der Waals surface area contributed by atoms with Gasteiger partial charge in [0.1, 0.15) is 5.76 Å². The zero-order valence-electron chi connectivity index (χ0n) is 15.2. The molecule has 2 aromatic heterocycles. The van der Waals surface area contributed by atoms with E-state index in [1.807, 2.05) is 58.8 Å². The predicted octanol–water partition coefficient (Wildman–Crippen LogP) is 3.56. The van der Waals surface area contributed by atoms with E-state index in [0.29, 0.717) is 18.8 Å². The number of carbonyl (C=O) groups is 2. The standard InChI is InChI=1S/C20H21N3O3S2/c21-19(24)14-28-18-8-2-1-7-17(18)22-20(25)13-23(11-15-5-3-9-26-15)12-16-6-4-10-27-16/h1-10H,11-14H2,(H2,21,24)(H,22,25). The number of nitrogens with zero attached hydrogens (tertiary/aromatic N) is 1. The maximum atomic E-state index is 12.7. The first kappa shape index (κ1) is 20.2. The summed E-state index contributed by atoms with van der Waals surface area (Å²) in [6.45, 7) is 1.41. The zero-order chi connectivity index (χ0) is 19.8. The minimum atomic E-state index is -0.397. The van der Waals surface area contributed by atoms with Crippen molar-refractivity contribution in [3.05, 3.63) is 70.8 Å². The van der Waals surface area contributed by atoms with E-state index >= 15 is 0 Å². The summed E-state index contributed by atoms with van der Waals surface area (Å²) in [5, 5.41) is 4.96. The van der Waals surface area contributed by atoms with E-state index in [1.165, 1.54) is 16.6 Å². The van der Waals surface area contributed by atoms with Gasteiger partial charge in [-0.2, -0.15) is 0 Å². The molecule has 3 aromatic rings. The molecule has 0 fully saturated rings. The third-order valence-electron chi connectivity index (χ3n) is 3.82. The Balaban J connectivity index is 1.65. The van der Waals surface area contributed by atoms with Gasteiger partial charge >= 0.3 is 0 Å². The summed E-state index contributed by atoms with van der Waals surface area (Å²) in [5.74, 6) is 0.444. The molecule has 2 heterocycles. The quantitative estimate of drug-likeness (QED) is 0.494. The first-order chi connectivity index (χ1) is 13.6. The molecule has 0 aliphatic carbocycles. The molecule has 0 bridgehead atoms. The van der Waals surface area contributed by atoms with Gasteiger partial charge < -0.3 is 15.5 Å². The minimum absolute atomic E-state index is 0.129. The van der Waals surface area contributed by atoms with E-state index in [4.69, 9.17) is 10.2 Å². The Morgan fingerprint density at radius 1 is 1.11 bits per heavy atom. The van der Waals surface area contributed by atoms with Crippen molar-refractivity contribution < 1.29 is 14.0 Å². The molecule has 0 unspecified atom stereocenters. The highest BCUT2D eigenvalue weighted by atomic mass is 32.2. The van der Waals surface area contributed by atoms with Gasteiger partial charge in [0.2, 0.25) is 11.8 Å². The Hall–Kier alpha value is -2.55. The lowest BCUT2D eigenvalue weighted by atomic mass is 10.3. The number of furan rings is 1. The number of hydrogen-bond acceptors (Lipinski definition) is 6. The predicted molar refractivity (Wildman–Crippen MR) is 112 cm³/mol. The smallest absolute Gasteiger partial charge is 0.238 e. The Morgan fingerprint density at radius 3 is 2.68 bits per heavy atom. The molecule has 8 heteroatoms. The van der Waals surface area contributed by atoms with Crippen LogP contribution in [-0.4, -0.2) is 29.0 Å². The van der Waals surface area contributed by atoms with Gasteiger partial charge in [0, 0.05) is 16.3 Å². The lowest BCUT2D eigenvalue weighted by Crippen LogP contribution is -2.32. The maximum Gasteiger partial charge on any atom is 0.238 e. The van der Waals surface area contributed by atoms with Crippen molar-refractivity contribution >= 4 is 40.6 Å². The Bertz CT molecular complexity index is 859. The van der Waals surface area contributed by atoms with Crippen LogP contribution in [0.1, 0.15) is 10.6 Å². The summed E-state index contributed by atoms with van der Waals surface area (Å²) in [7, 11) is 0. The number of primary amides is 1. The number of amides is 2. The number of nitrogens with one attached hydrogen (secondary N) is 1. The molecule has 1 aromatic carbocycles. The number of para-hydroxylation sites is 1. The van der Waals surface area contributed by atoms with Crippen molar-refractivity contribution in [1.29, 1.82) is 0 Å². The molecule has 0 atom stereocenters. The molecule has 3 N–H and O–H groups in total. The maximum absolute atomic E-state index is 12.7. The molecule has 0 saturated heterocycles. The molecule has 0 radical (unpaired) electrons.